The van der Waals surface area contributed by atoms with Crippen molar-refractivity contribution in [2.75, 3.05) is 24.5 Å². The Morgan fingerprint density at radius 1 is 0.889 bits per heavy atom. The topological polar surface area (TPSA) is 66.6 Å². The van der Waals surface area contributed by atoms with Crippen LogP contribution >= 0.6 is 0 Å². The van der Waals surface area contributed by atoms with E-state index in [1.165, 1.54) is 0 Å². The monoisotopic (exact) mass is 476 g/mol. The van der Waals surface area contributed by atoms with Crippen LogP contribution in [0.1, 0.15) is 28.4 Å². The van der Waals surface area contributed by atoms with Crippen molar-refractivity contribution in [3.05, 3.63) is 89.5 Å². The second-order valence-corrected chi connectivity index (χ2v) is 9.59. The predicted molar refractivity (Wildman–Crippen MR) is 142 cm³/mol. The number of benzene rings is 3. The lowest BCUT2D eigenvalue weighted by Gasteiger charge is -2.40. The van der Waals surface area contributed by atoms with Gasteiger partial charge in [0.1, 0.15) is 0 Å². The number of para-hydroxylation sites is 1. The number of hydrogen-bond acceptors (Lipinski definition) is 5. The minimum Gasteiger partial charge on any atom is -0.338 e. The smallest absolute Gasteiger partial charge is 0.254 e. The lowest BCUT2D eigenvalue weighted by molar-refractivity contribution is 0.0673. The van der Waals surface area contributed by atoms with Gasteiger partial charge in [-0.15, -0.1) is 10.2 Å². The highest BCUT2D eigenvalue weighted by Crippen LogP contribution is 2.31. The first-order valence-corrected chi connectivity index (χ1v) is 12.3. The number of aromatic nitrogens is 4. The molecule has 0 N–H and O–H groups in total. The first kappa shape index (κ1) is 22.2. The van der Waals surface area contributed by atoms with Gasteiger partial charge in [0.2, 0.25) is 5.95 Å². The van der Waals surface area contributed by atoms with E-state index in [-0.39, 0.29) is 11.9 Å². The number of aryl methyl sites for hydroxylation is 2. The molecule has 6 rings (SSSR count). The second-order valence-electron chi connectivity index (χ2n) is 9.59. The SMILES string of the molecule is Cc1ccc(C(=O)N2CCN(c3nc4ccccc4c4nnc(-c5ccccc5C)n34)CC2C)cc1. The van der Waals surface area contributed by atoms with Gasteiger partial charge in [-0.25, -0.2) is 9.38 Å². The van der Waals surface area contributed by atoms with E-state index in [0.29, 0.717) is 19.6 Å². The fourth-order valence-electron chi connectivity index (χ4n) is 5.08. The molecule has 7 nitrogen and oxygen atoms in total. The van der Waals surface area contributed by atoms with Gasteiger partial charge in [0.15, 0.2) is 11.5 Å². The molecule has 1 aliphatic rings. The third kappa shape index (κ3) is 3.68. The molecule has 36 heavy (non-hydrogen) atoms. The molecular weight excluding hydrogens is 448 g/mol. The highest BCUT2D eigenvalue weighted by atomic mass is 16.2. The van der Waals surface area contributed by atoms with E-state index in [9.17, 15) is 4.79 Å². The Morgan fingerprint density at radius 2 is 1.64 bits per heavy atom. The van der Waals surface area contributed by atoms with Crippen molar-refractivity contribution in [2.45, 2.75) is 26.8 Å². The average Bonchev–Trinajstić information content (AvgIpc) is 3.34. The van der Waals surface area contributed by atoms with E-state index in [1.54, 1.807) is 0 Å². The van der Waals surface area contributed by atoms with Crippen LogP contribution in [-0.2, 0) is 0 Å². The molecule has 5 aromatic rings. The highest BCUT2D eigenvalue weighted by Gasteiger charge is 2.31. The fraction of sp³-hybridized carbons (Fsp3) is 0.241. The Labute approximate surface area is 210 Å². The fourth-order valence-corrected chi connectivity index (χ4v) is 5.08. The molecule has 1 atom stereocenters. The van der Waals surface area contributed by atoms with Gasteiger partial charge in [-0.05, 0) is 50.6 Å². The summed E-state index contributed by atoms with van der Waals surface area (Å²) >= 11 is 0. The molecule has 0 spiro atoms. The molecule has 0 saturated carbocycles. The van der Waals surface area contributed by atoms with Crippen LogP contribution < -0.4 is 4.90 Å². The zero-order chi connectivity index (χ0) is 24.8. The molecule has 1 amide bonds. The minimum absolute atomic E-state index is 0.0225. The number of rotatable bonds is 3. The first-order valence-electron chi connectivity index (χ1n) is 12.3. The Balaban J connectivity index is 1.41. The summed E-state index contributed by atoms with van der Waals surface area (Å²) in [6.07, 6.45) is 0. The Bertz CT molecular complexity index is 1590. The highest BCUT2D eigenvalue weighted by molar-refractivity contribution is 5.95. The van der Waals surface area contributed by atoms with E-state index in [0.717, 1.165) is 50.6 Å². The largest absolute Gasteiger partial charge is 0.338 e. The maximum Gasteiger partial charge on any atom is 0.254 e. The minimum atomic E-state index is 0.0225. The molecule has 0 bridgehead atoms. The summed E-state index contributed by atoms with van der Waals surface area (Å²) in [6, 6.07) is 24.1. The van der Waals surface area contributed by atoms with E-state index in [2.05, 4.69) is 45.5 Å². The maximum absolute atomic E-state index is 13.3. The molecule has 3 heterocycles. The molecule has 2 aromatic heterocycles. The molecule has 1 unspecified atom stereocenters. The van der Waals surface area contributed by atoms with Crippen molar-refractivity contribution in [1.29, 1.82) is 0 Å². The average molecular weight is 477 g/mol. The number of amides is 1. The van der Waals surface area contributed by atoms with Crippen LogP contribution in [0.3, 0.4) is 0 Å². The third-order valence-electron chi connectivity index (χ3n) is 7.08. The summed E-state index contributed by atoms with van der Waals surface area (Å²) in [7, 11) is 0. The quantitative estimate of drug-likeness (QED) is 0.370. The molecular formula is C29H28N6O. The van der Waals surface area contributed by atoms with Crippen LogP contribution in [0.15, 0.2) is 72.8 Å². The molecule has 1 saturated heterocycles. The number of carbonyl (C=O) groups is 1. The number of piperazine rings is 1. The van der Waals surface area contributed by atoms with Crippen molar-refractivity contribution in [3.8, 4) is 11.4 Å². The van der Waals surface area contributed by atoms with Crippen LogP contribution in [0.4, 0.5) is 5.95 Å². The van der Waals surface area contributed by atoms with Crippen LogP contribution in [0, 0.1) is 13.8 Å². The van der Waals surface area contributed by atoms with Crippen molar-refractivity contribution in [3.63, 3.8) is 0 Å². The Morgan fingerprint density at radius 3 is 2.42 bits per heavy atom. The van der Waals surface area contributed by atoms with Gasteiger partial charge < -0.3 is 9.80 Å². The standard InChI is InChI=1S/C29H28N6O/c1-19-12-14-22(15-13-19)28(36)34-17-16-33(18-21(34)3)29-30-25-11-7-6-10-24(25)27-32-31-26(35(27)29)23-9-5-4-8-20(23)2/h4-15,21H,16-18H2,1-3H3. The number of nitrogens with zero attached hydrogens (tertiary/aromatic N) is 6. The van der Waals surface area contributed by atoms with Crippen molar-refractivity contribution < 1.29 is 4.79 Å². The zero-order valence-electron chi connectivity index (χ0n) is 20.7. The molecule has 1 aliphatic heterocycles. The number of hydrogen-bond donors (Lipinski definition) is 0. The van der Waals surface area contributed by atoms with Crippen molar-refractivity contribution in [2.24, 2.45) is 0 Å². The van der Waals surface area contributed by atoms with Gasteiger partial charge in [-0.2, -0.15) is 0 Å². The molecule has 1 fully saturated rings. The first-order chi connectivity index (χ1) is 17.5. The van der Waals surface area contributed by atoms with Crippen molar-refractivity contribution >= 4 is 28.4 Å². The summed E-state index contributed by atoms with van der Waals surface area (Å²) in [4.78, 5) is 22.6. The molecule has 7 heteroatoms. The van der Waals surface area contributed by atoms with Gasteiger partial charge in [-0.3, -0.25) is 4.79 Å². The summed E-state index contributed by atoms with van der Waals surface area (Å²) in [5, 5.41) is 10.2. The van der Waals surface area contributed by atoms with Crippen LogP contribution in [-0.4, -0.2) is 56.1 Å². The van der Waals surface area contributed by atoms with Gasteiger partial charge >= 0.3 is 0 Å². The molecule has 0 radical (unpaired) electrons. The van der Waals surface area contributed by atoms with Crippen LogP contribution in [0.5, 0.6) is 0 Å². The van der Waals surface area contributed by atoms with Crippen molar-refractivity contribution in [1.82, 2.24) is 24.5 Å². The summed E-state index contributed by atoms with van der Waals surface area (Å²) in [5.74, 6) is 1.66. The number of anilines is 1. The molecule has 180 valence electrons. The van der Waals surface area contributed by atoms with E-state index in [1.807, 2.05) is 72.5 Å². The normalized spacial score (nSPS) is 16.1. The number of carbonyl (C=O) groups excluding carboxylic acids is 1. The molecule has 0 aliphatic carbocycles. The zero-order valence-corrected chi connectivity index (χ0v) is 20.7. The maximum atomic E-state index is 13.3. The Kier molecular flexibility index (Phi) is 5.40. The lowest BCUT2D eigenvalue weighted by atomic mass is 10.1. The lowest BCUT2D eigenvalue weighted by Crippen LogP contribution is -2.54. The summed E-state index contributed by atoms with van der Waals surface area (Å²) in [6.45, 7) is 8.18. The predicted octanol–water partition coefficient (Wildman–Crippen LogP) is 4.91. The van der Waals surface area contributed by atoms with Gasteiger partial charge in [-0.1, -0.05) is 54.1 Å². The van der Waals surface area contributed by atoms with E-state index in [4.69, 9.17) is 4.98 Å². The Hall–Kier alpha value is -4.26. The number of fused-ring (bicyclic) bond motifs is 3. The van der Waals surface area contributed by atoms with E-state index >= 15 is 0 Å². The van der Waals surface area contributed by atoms with Gasteiger partial charge in [0.05, 0.1) is 5.52 Å². The van der Waals surface area contributed by atoms with E-state index < -0.39 is 0 Å². The van der Waals surface area contributed by atoms with Crippen LogP contribution in [0.25, 0.3) is 27.9 Å². The van der Waals surface area contributed by atoms with Gasteiger partial charge in [0, 0.05) is 42.2 Å². The van der Waals surface area contributed by atoms with Crippen LogP contribution in [0.2, 0.25) is 0 Å². The second kappa shape index (κ2) is 8.75. The molecule has 3 aromatic carbocycles. The third-order valence-corrected chi connectivity index (χ3v) is 7.08. The van der Waals surface area contributed by atoms with Gasteiger partial charge in [0.25, 0.3) is 5.91 Å². The summed E-state index contributed by atoms with van der Waals surface area (Å²) < 4.78 is 2.08. The summed E-state index contributed by atoms with van der Waals surface area (Å²) in [5.41, 5.74) is 5.72.